The molecule has 2 nitrogen and oxygen atoms in total. The molecule has 1 aromatic carbocycles. The van der Waals surface area contributed by atoms with Gasteiger partial charge in [0.15, 0.2) is 0 Å². The largest absolute Gasteiger partial charge is 0.233 e. The second kappa shape index (κ2) is 2.85. The van der Waals surface area contributed by atoms with E-state index in [0.717, 1.165) is 4.47 Å². The van der Waals surface area contributed by atoms with Gasteiger partial charge in [-0.15, -0.1) is 0 Å². The number of nitrogens with one attached hydrogen (secondary N) is 1. The van der Waals surface area contributed by atoms with E-state index in [9.17, 15) is 5.21 Å². The zero-order chi connectivity index (χ0) is 6.69. The first kappa shape index (κ1) is 6.58. The van der Waals surface area contributed by atoms with E-state index in [1.165, 1.54) is 0 Å². The normalized spacial score (nSPS) is 9.11. The third kappa shape index (κ3) is 1.69. The molecule has 9 heavy (non-hydrogen) atoms. The van der Waals surface area contributed by atoms with E-state index < -0.39 is 0 Å². The Balaban J connectivity index is 2.94. The average molecular weight is 187 g/mol. The van der Waals surface area contributed by atoms with E-state index in [-0.39, 0.29) is 0 Å². The molecule has 0 spiro atoms. The molecule has 0 aliphatic rings. The highest BCUT2D eigenvalue weighted by Crippen LogP contribution is 2.14. The molecular formula is C6H5BrNO. The lowest BCUT2D eigenvalue weighted by atomic mass is 10.3. The molecule has 0 bridgehead atoms. The highest BCUT2D eigenvalue weighted by atomic mass is 79.9. The molecule has 0 atom stereocenters. The van der Waals surface area contributed by atoms with Crippen LogP contribution in [0.15, 0.2) is 28.7 Å². The average Bonchev–Trinajstić information content (AvgIpc) is 1.88. The fourth-order valence-electron chi connectivity index (χ4n) is 0.552. The lowest BCUT2D eigenvalue weighted by molar-refractivity contribution is 0.274. The van der Waals surface area contributed by atoms with E-state index in [4.69, 9.17) is 0 Å². The maximum Gasteiger partial charge on any atom is 0.0646 e. The fourth-order valence-corrected chi connectivity index (χ4v) is 0.951. The lowest BCUT2D eigenvalue weighted by Crippen LogP contribution is -1.84. The molecule has 0 amide bonds. The van der Waals surface area contributed by atoms with Crippen molar-refractivity contribution in [1.29, 1.82) is 0 Å². The Bertz CT molecular complexity index is 202. The Kier molecular flexibility index (Phi) is 2.08. The number of anilines is 1. The highest BCUT2D eigenvalue weighted by molar-refractivity contribution is 9.10. The van der Waals surface area contributed by atoms with Gasteiger partial charge >= 0.3 is 0 Å². The molecule has 0 unspecified atom stereocenters. The van der Waals surface area contributed by atoms with Crippen LogP contribution in [0.25, 0.3) is 0 Å². The molecule has 0 heterocycles. The highest BCUT2D eigenvalue weighted by Gasteiger charge is 1.88. The van der Waals surface area contributed by atoms with E-state index in [1.54, 1.807) is 23.7 Å². The molecule has 1 aromatic rings. The van der Waals surface area contributed by atoms with Gasteiger partial charge in [0.25, 0.3) is 0 Å². The van der Waals surface area contributed by atoms with Gasteiger partial charge in [0.1, 0.15) is 0 Å². The summed E-state index contributed by atoms with van der Waals surface area (Å²) in [6.45, 7) is 0. The maximum absolute atomic E-state index is 10.0. The molecule has 0 aliphatic carbocycles. The molecule has 0 saturated heterocycles. The third-order valence-corrected chi connectivity index (χ3v) is 1.44. The predicted octanol–water partition coefficient (Wildman–Crippen LogP) is 2.21. The summed E-state index contributed by atoms with van der Waals surface area (Å²) in [7, 11) is 0. The molecule has 1 radical (unpaired) electrons. The van der Waals surface area contributed by atoms with Crippen LogP contribution in [0.1, 0.15) is 0 Å². The molecule has 0 fully saturated rings. The first-order chi connectivity index (χ1) is 4.33. The Morgan fingerprint density at radius 1 is 1.44 bits per heavy atom. The van der Waals surface area contributed by atoms with Crippen LogP contribution in [0.5, 0.6) is 0 Å². The molecule has 1 rings (SSSR count). The van der Waals surface area contributed by atoms with Gasteiger partial charge < -0.3 is 0 Å². The summed E-state index contributed by atoms with van der Waals surface area (Å²) < 4.78 is 0.906. The maximum atomic E-state index is 10.0. The van der Waals surface area contributed by atoms with Crippen LogP contribution in [0.2, 0.25) is 0 Å². The first-order valence-corrected chi connectivity index (χ1v) is 3.26. The Labute approximate surface area is 61.6 Å². The molecule has 0 aliphatic heterocycles. The van der Waals surface area contributed by atoms with Crippen molar-refractivity contribution in [1.82, 2.24) is 0 Å². The van der Waals surface area contributed by atoms with Crippen molar-refractivity contribution in [2.24, 2.45) is 0 Å². The van der Waals surface area contributed by atoms with Crippen molar-refractivity contribution in [2.45, 2.75) is 0 Å². The van der Waals surface area contributed by atoms with Gasteiger partial charge in [-0.25, -0.2) is 5.48 Å². The van der Waals surface area contributed by atoms with Gasteiger partial charge in [-0.2, -0.15) is 0 Å². The zero-order valence-electron chi connectivity index (χ0n) is 4.60. The SMILES string of the molecule is [O]Nc1cccc(Br)c1. The Morgan fingerprint density at radius 2 is 2.22 bits per heavy atom. The van der Waals surface area contributed by atoms with Crippen molar-refractivity contribution in [3.8, 4) is 0 Å². The van der Waals surface area contributed by atoms with Crippen LogP contribution in [-0.4, -0.2) is 0 Å². The predicted molar refractivity (Wildman–Crippen MR) is 38.5 cm³/mol. The molecule has 0 aromatic heterocycles. The van der Waals surface area contributed by atoms with Crippen molar-refractivity contribution in [3.05, 3.63) is 28.7 Å². The van der Waals surface area contributed by atoms with Crippen molar-refractivity contribution >= 4 is 21.6 Å². The molecule has 47 valence electrons. The smallest absolute Gasteiger partial charge is 0.0646 e. The second-order valence-electron chi connectivity index (χ2n) is 1.61. The monoisotopic (exact) mass is 186 g/mol. The summed E-state index contributed by atoms with van der Waals surface area (Å²) in [5, 5.41) is 10.0. The summed E-state index contributed by atoms with van der Waals surface area (Å²) in [5.41, 5.74) is 2.36. The van der Waals surface area contributed by atoms with E-state index in [1.807, 2.05) is 6.07 Å². The van der Waals surface area contributed by atoms with Crippen LogP contribution >= 0.6 is 15.9 Å². The van der Waals surface area contributed by atoms with Crippen LogP contribution < -0.4 is 5.48 Å². The van der Waals surface area contributed by atoms with Crippen molar-refractivity contribution in [2.75, 3.05) is 5.48 Å². The van der Waals surface area contributed by atoms with E-state index in [0.29, 0.717) is 5.69 Å². The van der Waals surface area contributed by atoms with Gasteiger partial charge in [0.2, 0.25) is 0 Å². The number of halogens is 1. The molecule has 3 heteroatoms. The van der Waals surface area contributed by atoms with Crippen molar-refractivity contribution in [3.63, 3.8) is 0 Å². The van der Waals surface area contributed by atoms with Crippen LogP contribution in [0.4, 0.5) is 5.69 Å². The topological polar surface area (TPSA) is 31.9 Å². The second-order valence-corrected chi connectivity index (χ2v) is 2.53. The molecule has 1 N–H and O–H groups in total. The summed E-state index contributed by atoms with van der Waals surface area (Å²) in [6.07, 6.45) is 0. The quantitative estimate of drug-likeness (QED) is 0.671. The standard InChI is InChI=1S/C6H5BrNO/c7-5-2-1-3-6(4-5)8-9/h1-4,8H. The van der Waals surface area contributed by atoms with Crippen molar-refractivity contribution < 1.29 is 5.21 Å². The van der Waals surface area contributed by atoms with Gasteiger partial charge in [-0.1, -0.05) is 27.2 Å². The minimum Gasteiger partial charge on any atom is -0.233 e. The third-order valence-electron chi connectivity index (χ3n) is 0.942. The zero-order valence-corrected chi connectivity index (χ0v) is 6.18. The van der Waals surface area contributed by atoms with Gasteiger partial charge in [-0.05, 0) is 18.2 Å². The number of benzene rings is 1. The van der Waals surface area contributed by atoms with Crippen LogP contribution in [-0.2, 0) is 5.21 Å². The van der Waals surface area contributed by atoms with E-state index >= 15 is 0 Å². The van der Waals surface area contributed by atoms with Crippen LogP contribution in [0, 0.1) is 0 Å². The summed E-state index contributed by atoms with van der Waals surface area (Å²) in [6, 6.07) is 7.08. The number of rotatable bonds is 1. The van der Waals surface area contributed by atoms with Gasteiger partial charge in [-0.3, -0.25) is 0 Å². The fraction of sp³-hybridized carbons (Fsp3) is 0. The summed E-state index contributed by atoms with van der Waals surface area (Å²) in [5.74, 6) is 0. The lowest BCUT2D eigenvalue weighted by Gasteiger charge is -1.93. The summed E-state index contributed by atoms with van der Waals surface area (Å²) >= 11 is 3.22. The summed E-state index contributed by atoms with van der Waals surface area (Å²) in [4.78, 5) is 0. The molecule has 0 saturated carbocycles. The van der Waals surface area contributed by atoms with E-state index in [2.05, 4.69) is 15.9 Å². The number of hydrogen-bond acceptors (Lipinski definition) is 1. The Hall–Kier alpha value is -0.540. The minimum atomic E-state index is 0.573. The van der Waals surface area contributed by atoms with Crippen LogP contribution in [0.3, 0.4) is 0 Å². The minimum absolute atomic E-state index is 0.573. The molecular weight excluding hydrogens is 182 g/mol. The van der Waals surface area contributed by atoms with Gasteiger partial charge in [0.05, 0.1) is 5.69 Å². The first-order valence-electron chi connectivity index (χ1n) is 2.46. The van der Waals surface area contributed by atoms with Gasteiger partial charge in [0, 0.05) is 4.47 Å². The number of hydrogen-bond donors (Lipinski definition) is 1. The Morgan fingerprint density at radius 3 is 2.67 bits per heavy atom.